The summed E-state index contributed by atoms with van der Waals surface area (Å²) in [7, 11) is 0. The van der Waals surface area contributed by atoms with Gasteiger partial charge in [-0.15, -0.1) is 0 Å². The lowest BCUT2D eigenvalue weighted by Crippen LogP contribution is -2.42. The summed E-state index contributed by atoms with van der Waals surface area (Å²) in [4.78, 5) is 0. The zero-order chi connectivity index (χ0) is 23.5. The van der Waals surface area contributed by atoms with E-state index in [0.717, 1.165) is 0 Å². The second-order valence-electron chi connectivity index (χ2n) is 7.41. The van der Waals surface area contributed by atoms with Gasteiger partial charge >= 0.3 is 0 Å². The Bertz CT molecular complexity index is 1020. The summed E-state index contributed by atoms with van der Waals surface area (Å²) in [5, 5.41) is 27.5. The van der Waals surface area contributed by atoms with E-state index in [9.17, 15) is 0 Å². The highest BCUT2D eigenvalue weighted by Gasteiger charge is 2.33. The lowest BCUT2D eigenvalue weighted by molar-refractivity contribution is 0.0521. The van der Waals surface area contributed by atoms with Crippen molar-refractivity contribution in [2.75, 3.05) is 25.2 Å². The number of hydrogen-bond donors (Lipinski definition) is 0. The van der Waals surface area contributed by atoms with Crippen LogP contribution in [0.5, 0.6) is 17.2 Å². The van der Waals surface area contributed by atoms with Crippen LogP contribution >= 0.6 is 15.9 Å². The van der Waals surface area contributed by atoms with Gasteiger partial charge in [-0.1, -0.05) is 15.9 Å². The number of halogens is 1. The molecule has 3 aromatic rings. The first-order valence-electron chi connectivity index (χ1n) is 10.0. The predicted molar refractivity (Wildman–Crippen MR) is 126 cm³/mol. The van der Waals surface area contributed by atoms with Crippen LogP contribution in [0.25, 0.3) is 0 Å². The maximum absolute atomic E-state index is 8.98. The van der Waals surface area contributed by atoms with Crippen LogP contribution in [-0.2, 0) is 0 Å². The van der Waals surface area contributed by atoms with Gasteiger partial charge in [0.15, 0.2) is 0 Å². The zero-order valence-corrected chi connectivity index (χ0v) is 19.3. The normalized spacial score (nSPS) is 10.4. The Balaban J connectivity index is 1.74. The SMILES string of the molecule is N#Cc1ccc(OCC(CBr)(COc2ccc(C#N)cc2)COc2ccc(C#N)cc2)cc1. The highest BCUT2D eigenvalue weighted by atomic mass is 79.9. The van der Waals surface area contributed by atoms with Crippen LogP contribution in [0.2, 0.25) is 0 Å². The van der Waals surface area contributed by atoms with Crippen molar-refractivity contribution in [1.29, 1.82) is 15.8 Å². The molecule has 0 N–H and O–H groups in total. The molecule has 164 valence electrons. The summed E-state index contributed by atoms with van der Waals surface area (Å²) >= 11 is 3.59. The number of ether oxygens (including phenoxy) is 3. The smallest absolute Gasteiger partial charge is 0.119 e. The molecule has 0 atom stereocenters. The van der Waals surface area contributed by atoms with Crippen LogP contribution in [0.1, 0.15) is 16.7 Å². The van der Waals surface area contributed by atoms with E-state index in [-0.39, 0.29) is 19.8 Å². The van der Waals surface area contributed by atoms with Gasteiger partial charge in [0.1, 0.15) is 37.1 Å². The largest absolute Gasteiger partial charge is 0.493 e. The summed E-state index contributed by atoms with van der Waals surface area (Å²) in [5.41, 5.74) is 1.11. The fourth-order valence-electron chi connectivity index (χ4n) is 2.83. The van der Waals surface area contributed by atoms with Crippen molar-refractivity contribution in [3.05, 3.63) is 89.5 Å². The maximum Gasteiger partial charge on any atom is 0.119 e. The second-order valence-corrected chi connectivity index (χ2v) is 7.97. The van der Waals surface area contributed by atoms with Gasteiger partial charge in [0, 0.05) is 5.33 Å². The molecule has 0 radical (unpaired) electrons. The van der Waals surface area contributed by atoms with Crippen LogP contribution in [0, 0.1) is 39.4 Å². The minimum Gasteiger partial charge on any atom is -0.493 e. The summed E-state index contributed by atoms with van der Waals surface area (Å²) < 4.78 is 18.1. The van der Waals surface area contributed by atoms with Gasteiger partial charge in [-0.05, 0) is 72.8 Å². The highest BCUT2D eigenvalue weighted by Crippen LogP contribution is 2.27. The van der Waals surface area contributed by atoms with Gasteiger partial charge in [0.25, 0.3) is 0 Å². The number of nitrogens with zero attached hydrogens (tertiary/aromatic N) is 3. The van der Waals surface area contributed by atoms with Crippen LogP contribution in [0.15, 0.2) is 72.8 Å². The number of rotatable bonds is 10. The maximum atomic E-state index is 8.98. The van der Waals surface area contributed by atoms with E-state index in [1.807, 2.05) is 0 Å². The van der Waals surface area contributed by atoms with Crippen molar-refractivity contribution in [2.45, 2.75) is 0 Å². The number of hydrogen-bond acceptors (Lipinski definition) is 6. The molecule has 0 spiro atoms. The molecular weight excluding hydrogens is 482 g/mol. The van der Waals surface area contributed by atoms with Crippen LogP contribution < -0.4 is 14.2 Å². The van der Waals surface area contributed by atoms with Crippen molar-refractivity contribution in [1.82, 2.24) is 0 Å². The van der Waals surface area contributed by atoms with Crippen molar-refractivity contribution in [2.24, 2.45) is 5.41 Å². The molecule has 0 fully saturated rings. The lowest BCUT2D eigenvalue weighted by Gasteiger charge is -2.31. The fraction of sp³-hybridized carbons (Fsp3) is 0.192. The average molecular weight is 502 g/mol. The molecule has 3 rings (SSSR count). The minimum absolute atomic E-state index is 0.288. The van der Waals surface area contributed by atoms with E-state index in [2.05, 4.69) is 34.1 Å². The Morgan fingerprint density at radius 1 is 0.545 bits per heavy atom. The molecule has 0 aromatic heterocycles. The van der Waals surface area contributed by atoms with Gasteiger partial charge in [0.2, 0.25) is 0 Å². The molecule has 0 unspecified atom stereocenters. The topological polar surface area (TPSA) is 99.1 Å². The van der Waals surface area contributed by atoms with Gasteiger partial charge in [-0.25, -0.2) is 0 Å². The third kappa shape index (κ3) is 6.74. The van der Waals surface area contributed by atoms with E-state index < -0.39 is 5.41 Å². The summed E-state index contributed by atoms with van der Waals surface area (Å²) in [6, 6.07) is 27.0. The highest BCUT2D eigenvalue weighted by molar-refractivity contribution is 9.09. The number of benzene rings is 3. The van der Waals surface area contributed by atoms with E-state index >= 15 is 0 Å². The van der Waals surface area contributed by atoms with Gasteiger partial charge in [0.05, 0.1) is 40.3 Å². The molecular formula is C26H20BrN3O3. The Labute approximate surface area is 201 Å². The Kier molecular flexibility index (Phi) is 8.30. The molecule has 0 saturated carbocycles. The molecule has 0 aliphatic carbocycles. The summed E-state index contributed by atoms with van der Waals surface area (Å²) in [6.07, 6.45) is 0. The number of alkyl halides is 1. The molecule has 0 aliphatic heterocycles. The molecule has 0 amide bonds. The fourth-order valence-corrected chi connectivity index (χ4v) is 3.31. The average Bonchev–Trinajstić information content (AvgIpc) is 2.89. The van der Waals surface area contributed by atoms with Gasteiger partial charge in [-0.2, -0.15) is 15.8 Å². The first-order chi connectivity index (χ1) is 16.1. The molecule has 0 bridgehead atoms. The van der Waals surface area contributed by atoms with E-state index in [0.29, 0.717) is 39.3 Å². The van der Waals surface area contributed by atoms with Crippen molar-refractivity contribution < 1.29 is 14.2 Å². The molecule has 0 saturated heterocycles. The minimum atomic E-state index is -0.560. The van der Waals surface area contributed by atoms with Crippen LogP contribution in [-0.4, -0.2) is 25.2 Å². The van der Waals surface area contributed by atoms with Crippen LogP contribution in [0.4, 0.5) is 0 Å². The van der Waals surface area contributed by atoms with E-state index in [1.54, 1.807) is 72.8 Å². The Morgan fingerprint density at radius 3 is 1.03 bits per heavy atom. The Morgan fingerprint density at radius 2 is 0.818 bits per heavy atom. The van der Waals surface area contributed by atoms with Gasteiger partial charge in [-0.3, -0.25) is 0 Å². The summed E-state index contributed by atoms with van der Waals surface area (Å²) in [5.74, 6) is 1.91. The van der Waals surface area contributed by atoms with Gasteiger partial charge < -0.3 is 14.2 Å². The molecule has 0 aliphatic rings. The Hall–Kier alpha value is -3.99. The molecule has 6 nitrogen and oxygen atoms in total. The van der Waals surface area contributed by atoms with Crippen molar-refractivity contribution >= 4 is 15.9 Å². The van der Waals surface area contributed by atoms with Crippen molar-refractivity contribution in [3.8, 4) is 35.5 Å². The monoisotopic (exact) mass is 501 g/mol. The first kappa shape index (κ1) is 23.7. The molecule has 7 heteroatoms. The van der Waals surface area contributed by atoms with E-state index in [4.69, 9.17) is 30.0 Å². The quantitative estimate of drug-likeness (QED) is 0.353. The van der Waals surface area contributed by atoms with Crippen molar-refractivity contribution in [3.63, 3.8) is 0 Å². The summed E-state index contributed by atoms with van der Waals surface area (Å²) in [6.45, 7) is 0.865. The molecule has 3 aromatic carbocycles. The molecule has 33 heavy (non-hydrogen) atoms. The first-order valence-corrected chi connectivity index (χ1v) is 11.2. The predicted octanol–water partition coefficient (Wildman–Crippen LogP) is 5.22. The molecule has 0 heterocycles. The zero-order valence-electron chi connectivity index (χ0n) is 17.7. The van der Waals surface area contributed by atoms with E-state index in [1.165, 1.54) is 0 Å². The standard InChI is InChI=1S/C26H20BrN3O3/c27-16-26(17-31-23-7-1-20(13-28)2-8-23,18-32-24-9-3-21(14-29)4-10-24)19-33-25-11-5-22(15-30)6-12-25/h1-12H,16-19H2. The number of nitriles is 3. The van der Waals surface area contributed by atoms with Crippen LogP contribution in [0.3, 0.4) is 0 Å². The third-order valence-electron chi connectivity index (χ3n) is 4.87. The second kappa shape index (κ2) is 11.6. The lowest BCUT2D eigenvalue weighted by atomic mass is 9.94. The third-order valence-corrected chi connectivity index (χ3v) is 6.06.